The van der Waals surface area contributed by atoms with E-state index in [0.717, 1.165) is 30.3 Å². The van der Waals surface area contributed by atoms with Gasteiger partial charge in [-0.2, -0.15) is 13.2 Å². The molecule has 0 radical (unpaired) electrons. The number of alkyl halides is 3. The van der Waals surface area contributed by atoms with Gasteiger partial charge in [-0.3, -0.25) is 15.0 Å². The number of nitro benzene ring substituents is 1. The second-order valence-electron chi connectivity index (χ2n) is 7.38. The fourth-order valence-corrected chi connectivity index (χ4v) is 4.18. The molecule has 4 rings (SSSR count). The zero-order valence-corrected chi connectivity index (χ0v) is 16.7. The molecule has 0 unspecified atom stereocenters. The minimum Gasteiger partial charge on any atom is -0.493 e. The molecule has 1 fully saturated rings. The van der Waals surface area contributed by atoms with Crippen LogP contribution in [0.4, 0.5) is 24.5 Å². The van der Waals surface area contributed by atoms with Crippen molar-refractivity contribution in [2.24, 2.45) is 0 Å². The smallest absolute Gasteiger partial charge is 0.418 e. The Morgan fingerprint density at radius 3 is 2.53 bits per heavy atom. The molecule has 0 atom stereocenters. The van der Waals surface area contributed by atoms with Crippen molar-refractivity contribution < 1.29 is 22.8 Å². The fraction of sp³-hybridized carbons (Fsp3) is 0.400. The van der Waals surface area contributed by atoms with Gasteiger partial charge in [0.1, 0.15) is 11.4 Å². The van der Waals surface area contributed by atoms with E-state index >= 15 is 0 Å². The molecule has 2 aliphatic heterocycles. The van der Waals surface area contributed by atoms with Gasteiger partial charge >= 0.3 is 6.18 Å². The SMILES string of the molecule is O=[N+]([O-])c1cc(C(F)(F)F)c(Cl)cc1N1CCN(Cc2ccc3c(c2)CCO3)CC1. The van der Waals surface area contributed by atoms with Gasteiger partial charge in [0.25, 0.3) is 5.69 Å². The molecule has 2 aliphatic rings. The summed E-state index contributed by atoms with van der Waals surface area (Å²) in [4.78, 5) is 14.5. The Labute approximate surface area is 175 Å². The maximum Gasteiger partial charge on any atom is 0.418 e. The quantitative estimate of drug-likeness (QED) is 0.515. The van der Waals surface area contributed by atoms with Crippen LogP contribution in [0.15, 0.2) is 30.3 Å². The molecule has 0 spiro atoms. The number of benzene rings is 2. The summed E-state index contributed by atoms with van der Waals surface area (Å²) in [6.45, 7) is 3.60. The summed E-state index contributed by atoms with van der Waals surface area (Å²) in [7, 11) is 0. The lowest BCUT2D eigenvalue weighted by Gasteiger charge is -2.36. The predicted molar refractivity (Wildman–Crippen MR) is 106 cm³/mol. The van der Waals surface area contributed by atoms with Crippen LogP contribution < -0.4 is 9.64 Å². The zero-order chi connectivity index (χ0) is 21.5. The molecule has 2 aromatic rings. The zero-order valence-electron chi connectivity index (χ0n) is 15.9. The topological polar surface area (TPSA) is 58.9 Å². The number of anilines is 1. The minimum atomic E-state index is -4.75. The van der Waals surface area contributed by atoms with Crippen molar-refractivity contribution in [3.8, 4) is 5.75 Å². The van der Waals surface area contributed by atoms with Crippen molar-refractivity contribution in [2.75, 3.05) is 37.7 Å². The van der Waals surface area contributed by atoms with Crippen molar-refractivity contribution in [3.05, 3.63) is 62.2 Å². The van der Waals surface area contributed by atoms with Crippen LogP contribution in [0.25, 0.3) is 0 Å². The Hall–Kier alpha value is -2.52. The molecular weight excluding hydrogens is 423 g/mol. The van der Waals surface area contributed by atoms with Crippen LogP contribution in [0.1, 0.15) is 16.7 Å². The van der Waals surface area contributed by atoms with E-state index in [9.17, 15) is 23.3 Å². The summed E-state index contributed by atoms with van der Waals surface area (Å²) >= 11 is 5.80. The summed E-state index contributed by atoms with van der Waals surface area (Å²) in [6.07, 6.45) is -3.85. The maximum atomic E-state index is 13.1. The van der Waals surface area contributed by atoms with Gasteiger partial charge in [-0.15, -0.1) is 0 Å². The van der Waals surface area contributed by atoms with Gasteiger partial charge in [0.15, 0.2) is 0 Å². The van der Waals surface area contributed by atoms with Gasteiger partial charge < -0.3 is 9.64 Å². The summed E-state index contributed by atoms with van der Waals surface area (Å²) < 4.78 is 44.7. The van der Waals surface area contributed by atoms with Crippen LogP contribution in [0, 0.1) is 10.1 Å². The second kappa shape index (κ2) is 7.96. The lowest BCUT2D eigenvalue weighted by molar-refractivity contribution is -0.384. The van der Waals surface area contributed by atoms with E-state index in [1.54, 1.807) is 4.90 Å². The number of hydrogen-bond acceptors (Lipinski definition) is 5. The Bertz CT molecular complexity index is 976. The molecule has 0 aromatic heterocycles. The Balaban J connectivity index is 1.47. The van der Waals surface area contributed by atoms with Crippen LogP contribution in [0.2, 0.25) is 5.02 Å². The van der Waals surface area contributed by atoms with Gasteiger partial charge in [-0.25, -0.2) is 0 Å². The van der Waals surface area contributed by atoms with E-state index in [4.69, 9.17) is 16.3 Å². The third kappa shape index (κ3) is 4.17. The van der Waals surface area contributed by atoms with Crippen LogP contribution >= 0.6 is 11.6 Å². The lowest BCUT2D eigenvalue weighted by Crippen LogP contribution is -2.46. The first kappa shape index (κ1) is 20.7. The maximum absolute atomic E-state index is 13.1. The first-order valence-corrected chi connectivity index (χ1v) is 9.87. The number of ether oxygens (including phenoxy) is 1. The van der Waals surface area contributed by atoms with E-state index in [2.05, 4.69) is 11.0 Å². The Morgan fingerprint density at radius 1 is 1.13 bits per heavy atom. The number of halogens is 4. The van der Waals surface area contributed by atoms with E-state index in [1.807, 2.05) is 12.1 Å². The summed E-state index contributed by atoms with van der Waals surface area (Å²) in [5.74, 6) is 0.926. The van der Waals surface area contributed by atoms with Crippen molar-refractivity contribution in [1.82, 2.24) is 4.90 Å². The summed E-state index contributed by atoms with van der Waals surface area (Å²) in [6, 6.07) is 7.71. The largest absolute Gasteiger partial charge is 0.493 e. The third-order valence-corrected chi connectivity index (χ3v) is 5.75. The highest BCUT2D eigenvalue weighted by atomic mass is 35.5. The molecule has 0 aliphatic carbocycles. The molecule has 10 heteroatoms. The van der Waals surface area contributed by atoms with Crippen molar-refractivity contribution >= 4 is 23.0 Å². The average Bonchev–Trinajstić information content (AvgIpc) is 3.15. The summed E-state index contributed by atoms with van der Waals surface area (Å²) in [5.41, 5.74) is 0.697. The van der Waals surface area contributed by atoms with E-state index < -0.39 is 27.4 Å². The van der Waals surface area contributed by atoms with Crippen molar-refractivity contribution in [2.45, 2.75) is 19.1 Å². The highest BCUT2D eigenvalue weighted by molar-refractivity contribution is 6.31. The predicted octanol–water partition coefficient (Wildman–Crippen LogP) is 4.52. The first-order chi connectivity index (χ1) is 14.2. The molecule has 30 heavy (non-hydrogen) atoms. The molecule has 0 saturated carbocycles. The van der Waals surface area contributed by atoms with Crippen LogP contribution in [0.5, 0.6) is 5.75 Å². The standard InChI is InChI=1S/C20H19ClF3N3O3/c21-16-11-17(18(27(28)29)10-15(16)20(22,23)24)26-6-4-25(5-7-26)12-13-1-2-19-14(9-13)3-8-30-19/h1-2,9-11H,3-8,12H2. The molecular formula is C20H19ClF3N3O3. The highest BCUT2D eigenvalue weighted by Crippen LogP contribution is 2.41. The first-order valence-electron chi connectivity index (χ1n) is 9.49. The minimum absolute atomic E-state index is 0.118. The molecule has 2 aromatic carbocycles. The van der Waals surface area contributed by atoms with E-state index in [0.29, 0.717) is 38.9 Å². The van der Waals surface area contributed by atoms with E-state index in [-0.39, 0.29) is 5.69 Å². The molecule has 0 amide bonds. The molecule has 2 heterocycles. The number of fused-ring (bicyclic) bond motifs is 1. The highest BCUT2D eigenvalue weighted by Gasteiger charge is 2.37. The molecule has 0 N–H and O–H groups in total. The normalized spacial score (nSPS) is 17.0. The monoisotopic (exact) mass is 441 g/mol. The lowest BCUT2D eigenvalue weighted by atomic mass is 10.1. The van der Waals surface area contributed by atoms with Crippen LogP contribution in [-0.4, -0.2) is 42.6 Å². The number of hydrogen-bond donors (Lipinski definition) is 0. The van der Waals surface area contributed by atoms with Gasteiger partial charge in [0.2, 0.25) is 0 Å². The van der Waals surface area contributed by atoms with Gasteiger partial charge in [0, 0.05) is 45.2 Å². The van der Waals surface area contributed by atoms with Crippen LogP contribution in [-0.2, 0) is 19.1 Å². The number of nitrogens with zero attached hydrogens (tertiary/aromatic N) is 3. The number of piperazine rings is 1. The second-order valence-corrected chi connectivity index (χ2v) is 7.79. The van der Waals surface area contributed by atoms with Gasteiger partial charge in [0.05, 0.1) is 22.1 Å². The Kier molecular flexibility index (Phi) is 5.50. The van der Waals surface area contributed by atoms with Crippen molar-refractivity contribution in [3.63, 3.8) is 0 Å². The average molecular weight is 442 g/mol. The molecule has 1 saturated heterocycles. The fourth-order valence-electron chi connectivity index (χ4n) is 3.91. The third-order valence-electron chi connectivity index (χ3n) is 5.44. The molecule has 160 valence electrons. The number of nitro groups is 1. The number of rotatable bonds is 4. The van der Waals surface area contributed by atoms with Crippen molar-refractivity contribution in [1.29, 1.82) is 0 Å². The van der Waals surface area contributed by atoms with Gasteiger partial charge in [-0.05, 0) is 23.3 Å². The van der Waals surface area contributed by atoms with E-state index in [1.165, 1.54) is 5.56 Å². The molecule has 0 bridgehead atoms. The van der Waals surface area contributed by atoms with Crippen LogP contribution in [0.3, 0.4) is 0 Å². The summed E-state index contributed by atoms with van der Waals surface area (Å²) in [5, 5.41) is 10.9. The molecule has 6 nitrogen and oxygen atoms in total. The van der Waals surface area contributed by atoms with Gasteiger partial charge in [-0.1, -0.05) is 23.7 Å². The Morgan fingerprint density at radius 2 is 1.87 bits per heavy atom.